The van der Waals surface area contributed by atoms with Crippen LogP contribution in [0.4, 0.5) is 0 Å². The molecule has 2 rings (SSSR count). The fourth-order valence-electron chi connectivity index (χ4n) is 3.08. The monoisotopic (exact) mass is 355 g/mol. The lowest BCUT2D eigenvalue weighted by Gasteiger charge is -2.29. The maximum absolute atomic E-state index is 12.7. The van der Waals surface area contributed by atoms with E-state index in [0.29, 0.717) is 18.5 Å². The van der Waals surface area contributed by atoms with Crippen LogP contribution in [-0.2, 0) is 11.2 Å². The molecule has 0 aromatic heterocycles. The van der Waals surface area contributed by atoms with Crippen LogP contribution in [0.2, 0.25) is 0 Å². The Hall–Kier alpha value is -2.82. The molecule has 0 saturated heterocycles. The van der Waals surface area contributed by atoms with Crippen molar-refractivity contribution < 1.29 is 19.4 Å². The normalized spacial score (nSPS) is 11.7. The zero-order valence-corrected chi connectivity index (χ0v) is 15.4. The highest BCUT2D eigenvalue weighted by atomic mass is 16.5. The molecule has 0 heterocycles. The summed E-state index contributed by atoms with van der Waals surface area (Å²) < 4.78 is 5.26. The van der Waals surface area contributed by atoms with E-state index in [1.165, 1.54) is 0 Å². The lowest BCUT2D eigenvalue weighted by molar-refractivity contribution is -0.133. The minimum absolute atomic E-state index is 0.00279. The Labute approximate surface area is 154 Å². The number of hydrogen-bond donors (Lipinski definition) is 1. The van der Waals surface area contributed by atoms with Gasteiger partial charge in [0.1, 0.15) is 5.75 Å². The van der Waals surface area contributed by atoms with Crippen molar-refractivity contribution >= 4 is 11.9 Å². The molecule has 0 aliphatic carbocycles. The number of carboxylic acid groups (broad SMARTS) is 1. The molecule has 1 amide bonds. The van der Waals surface area contributed by atoms with Crippen molar-refractivity contribution in [2.75, 3.05) is 13.7 Å². The van der Waals surface area contributed by atoms with Gasteiger partial charge in [0, 0.05) is 13.0 Å². The number of amides is 1. The Balaban J connectivity index is 2.10. The quantitative estimate of drug-likeness (QED) is 0.779. The van der Waals surface area contributed by atoms with E-state index in [1.54, 1.807) is 36.3 Å². The van der Waals surface area contributed by atoms with Crippen molar-refractivity contribution in [3.05, 3.63) is 65.2 Å². The summed E-state index contributed by atoms with van der Waals surface area (Å²) in [6, 6.07) is 14.4. The van der Waals surface area contributed by atoms with Crippen LogP contribution >= 0.6 is 0 Å². The van der Waals surface area contributed by atoms with Gasteiger partial charge in [0.15, 0.2) is 0 Å². The maximum atomic E-state index is 12.7. The number of hydrogen-bond acceptors (Lipinski definition) is 3. The van der Waals surface area contributed by atoms with Crippen LogP contribution in [0.15, 0.2) is 48.5 Å². The van der Waals surface area contributed by atoms with Crippen molar-refractivity contribution in [3.8, 4) is 5.75 Å². The number of aryl methyl sites for hydroxylation is 1. The van der Waals surface area contributed by atoms with E-state index in [2.05, 4.69) is 0 Å². The van der Waals surface area contributed by atoms with Gasteiger partial charge in [0.25, 0.3) is 0 Å². The minimum atomic E-state index is -0.967. The first-order valence-electron chi connectivity index (χ1n) is 8.72. The first kappa shape index (κ1) is 19.5. The number of carbonyl (C=O) groups excluding carboxylic acids is 1. The molecule has 1 unspecified atom stereocenters. The number of carbonyl (C=O) groups is 2. The van der Waals surface area contributed by atoms with Gasteiger partial charge in [-0.1, -0.05) is 30.3 Å². The third-order valence-corrected chi connectivity index (χ3v) is 4.56. The molecule has 0 radical (unpaired) electrons. The van der Waals surface area contributed by atoms with Gasteiger partial charge >= 0.3 is 5.97 Å². The molecule has 2 aromatic carbocycles. The summed E-state index contributed by atoms with van der Waals surface area (Å²) in [6.45, 7) is 4.51. The SMILES string of the molecule is CCN(C(=O)CCc1ccccc1C(=O)O)C(C)c1cccc(OC)c1. The van der Waals surface area contributed by atoms with E-state index < -0.39 is 5.97 Å². The average Bonchev–Trinajstić information content (AvgIpc) is 2.67. The molecule has 5 nitrogen and oxygen atoms in total. The Morgan fingerprint density at radius 3 is 2.54 bits per heavy atom. The lowest BCUT2D eigenvalue weighted by Crippen LogP contribution is -2.33. The standard InChI is InChI=1S/C21H25NO4/c1-4-22(15(2)17-9-7-10-18(14-17)26-3)20(23)13-12-16-8-5-6-11-19(16)21(24)25/h5-11,14-15H,4,12-13H2,1-3H3,(H,24,25). The van der Waals surface area contributed by atoms with Crippen LogP contribution in [0.25, 0.3) is 0 Å². The molecule has 1 N–H and O–H groups in total. The third kappa shape index (κ3) is 4.63. The van der Waals surface area contributed by atoms with Gasteiger partial charge in [-0.15, -0.1) is 0 Å². The number of ether oxygens (including phenoxy) is 1. The Bertz CT molecular complexity index is 772. The van der Waals surface area contributed by atoms with E-state index in [4.69, 9.17) is 4.74 Å². The van der Waals surface area contributed by atoms with Gasteiger partial charge in [-0.05, 0) is 49.6 Å². The smallest absolute Gasteiger partial charge is 0.335 e. The third-order valence-electron chi connectivity index (χ3n) is 4.56. The molecule has 0 bridgehead atoms. The molecule has 5 heteroatoms. The van der Waals surface area contributed by atoms with Crippen molar-refractivity contribution in [3.63, 3.8) is 0 Å². The number of carboxylic acids is 1. The van der Waals surface area contributed by atoms with Gasteiger partial charge < -0.3 is 14.7 Å². The first-order valence-corrected chi connectivity index (χ1v) is 8.72. The molecule has 0 aliphatic heterocycles. The maximum Gasteiger partial charge on any atom is 0.335 e. The predicted molar refractivity (Wildman–Crippen MR) is 101 cm³/mol. The fraction of sp³-hybridized carbons (Fsp3) is 0.333. The molecular weight excluding hydrogens is 330 g/mol. The van der Waals surface area contributed by atoms with E-state index >= 15 is 0 Å². The van der Waals surface area contributed by atoms with Crippen molar-refractivity contribution in [2.24, 2.45) is 0 Å². The second kappa shape index (κ2) is 9.04. The summed E-state index contributed by atoms with van der Waals surface area (Å²) in [5.41, 5.74) is 1.94. The second-order valence-corrected chi connectivity index (χ2v) is 6.09. The molecule has 2 aromatic rings. The van der Waals surface area contributed by atoms with Crippen molar-refractivity contribution in [1.82, 2.24) is 4.90 Å². The van der Waals surface area contributed by atoms with Crippen LogP contribution in [0, 0.1) is 0 Å². The number of aromatic carboxylic acids is 1. The van der Waals surface area contributed by atoms with E-state index in [0.717, 1.165) is 11.3 Å². The summed E-state index contributed by atoms with van der Waals surface area (Å²) in [5.74, 6) is -0.207. The van der Waals surface area contributed by atoms with Crippen LogP contribution in [0.5, 0.6) is 5.75 Å². The molecule has 1 atom stereocenters. The zero-order valence-electron chi connectivity index (χ0n) is 15.4. The number of rotatable bonds is 8. The Morgan fingerprint density at radius 2 is 1.88 bits per heavy atom. The highest BCUT2D eigenvalue weighted by Crippen LogP contribution is 2.25. The molecular formula is C21H25NO4. The van der Waals surface area contributed by atoms with Crippen LogP contribution in [-0.4, -0.2) is 35.5 Å². The summed E-state index contributed by atoms with van der Waals surface area (Å²) >= 11 is 0. The average molecular weight is 355 g/mol. The largest absolute Gasteiger partial charge is 0.497 e. The summed E-state index contributed by atoms with van der Waals surface area (Å²) in [7, 11) is 1.62. The highest BCUT2D eigenvalue weighted by Gasteiger charge is 2.21. The zero-order chi connectivity index (χ0) is 19.1. The van der Waals surface area contributed by atoms with Gasteiger partial charge in [-0.3, -0.25) is 4.79 Å². The van der Waals surface area contributed by atoms with Crippen molar-refractivity contribution in [2.45, 2.75) is 32.7 Å². The summed E-state index contributed by atoms with van der Waals surface area (Å²) in [6.07, 6.45) is 0.676. The number of benzene rings is 2. The Kier molecular flexibility index (Phi) is 6.78. The fourth-order valence-corrected chi connectivity index (χ4v) is 3.08. The molecule has 138 valence electrons. The lowest BCUT2D eigenvalue weighted by atomic mass is 10.0. The number of nitrogens with zero attached hydrogens (tertiary/aromatic N) is 1. The Morgan fingerprint density at radius 1 is 1.15 bits per heavy atom. The van der Waals surface area contributed by atoms with E-state index in [-0.39, 0.29) is 23.9 Å². The molecule has 26 heavy (non-hydrogen) atoms. The van der Waals surface area contributed by atoms with E-state index in [9.17, 15) is 14.7 Å². The highest BCUT2D eigenvalue weighted by molar-refractivity contribution is 5.89. The first-order chi connectivity index (χ1) is 12.5. The molecule has 0 saturated carbocycles. The van der Waals surface area contributed by atoms with Crippen LogP contribution < -0.4 is 4.74 Å². The summed E-state index contributed by atoms with van der Waals surface area (Å²) in [5, 5.41) is 9.27. The topological polar surface area (TPSA) is 66.8 Å². The predicted octanol–water partition coefficient (Wildman–Crippen LogP) is 3.94. The second-order valence-electron chi connectivity index (χ2n) is 6.09. The summed E-state index contributed by atoms with van der Waals surface area (Å²) in [4.78, 5) is 25.9. The minimum Gasteiger partial charge on any atom is -0.497 e. The van der Waals surface area contributed by atoms with Gasteiger partial charge in [0.05, 0.1) is 18.7 Å². The molecule has 0 spiro atoms. The van der Waals surface area contributed by atoms with Gasteiger partial charge in [0.2, 0.25) is 5.91 Å². The molecule has 0 aliphatic rings. The molecule has 0 fully saturated rings. The van der Waals surface area contributed by atoms with E-state index in [1.807, 2.05) is 38.1 Å². The van der Waals surface area contributed by atoms with Crippen LogP contribution in [0.1, 0.15) is 47.8 Å². The van der Waals surface area contributed by atoms with Gasteiger partial charge in [-0.2, -0.15) is 0 Å². The van der Waals surface area contributed by atoms with Crippen LogP contribution in [0.3, 0.4) is 0 Å². The van der Waals surface area contributed by atoms with Crippen molar-refractivity contribution in [1.29, 1.82) is 0 Å². The van der Waals surface area contributed by atoms with Gasteiger partial charge in [-0.25, -0.2) is 4.79 Å². The number of methoxy groups -OCH3 is 1.